The molecule has 0 saturated heterocycles. The van der Waals surface area contributed by atoms with Crippen molar-refractivity contribution >= 4 is 5.69 Å². The number of hydrogen-bond donors (Lipinski definition) is 1. The van der Waals surface area contributed by atoms with Gasteiger partial charge in [0.25, 0.3) is 5.69 Å². The van der Waals surface area contributed by atoms with Crippen molar-refractivity contribution in [3.8, 4) is 0 Å². The zero-order chi connectivity index (χ0) is 14.4. The molecule has 6 nitrogen and oxygen atoms in total. The largest absolute Gasteiger partial charge is 0.384 e. The lowest BCUT2D eigenvalue weighted by molar-refractivity contribution is -0.384. The normalized spacial score (nSPS) is 13.6. The molecule has 0 saturated carbocycles. The van der Waals surface area contributed by atoms with E-state index in [-0.39, 0.29) is 5.69 Å². The number of non-ortho nitro benzene ring substituents is 1. The van der Waals surface area contributed by atoms with Gasteiger partial charge in [0, 0.05) is 26.4 Å². The molecule has 19 heavy (non-hydrogen) atoms. The van der Waals surface area contributed by atoms with Crippen LogP contribution in [0, 0.1) is 10.1 Å². The Hall–Kier alpha value is -1.76. The van der Waals surface area contributed by atoms with Crippen molar-refractivity contribution in [1.82, 2.24) is 0 Å². The smallest absolute Gasteiger partial charge is 0.269 e. The summed E-state index contributed by atoms with van der Waals surface area (Å²) in [6.07, 6.45) is 0.257. The van der Waals surface area contributed by atoms with Gasteiger partial charge in [0.2, 0.25) is 0 Å². The molecule has 0 aliphatic carbocycles. The van der Waals surface area contributed by atoms with Crippen molar-refractivity contribution in [3.05, 3.63) is 51.6 Å². The van der Waals surface area contributed by atoms with Gasteiger partial charge >= 0.3 is 0 Å². The van der Waals surface area contributed by atoms with Crippen LogP contribution < -0.4 is 0 Å². The first-order valence-electron chi connectivity index (χ1n) is 5.66. The number of ether oxygens (including phenoxy) is 2. The van der Waals surface area contributed by atoms with E-state index in [0.29, 0.717) is 11.1 Å². The van der Waals surface area contributed by atoms with E-state index in [1.165, 1.54) is 38.5 Å². The van der Waals surface area contributed by atoms with Crippen LogP contribution in [0.2, 0.25) is 0 Å². The SMILES string of the molecule is COC(C=C(C)C(O)c1ccc([N+](=O)[O-])cc1)OC. The van der Waals surface area contributed by atoms with Crippen molar-refractivity contribution in [3.63, 3.8) is 0 Å². The van der Waals surface area contributed by atoms with Gasteiger partial charge in [-0.15, -0.1) is 0 Å². The highest BCUT2D eigenvalue weighted by Crippen LogP contribution is 2.24. The maximum absolute atomic E-state index is 10.5. The van der Waals surface area contributed by atoms with Gasteiger partial charge < -0.3 is 14.6 Å². The lowest BCUT2D eigenvalue weighted by atomic mass is 10.0. The van der Waals surface area contributed by atoms with Crippen molar-refractivity contribution in [1.29, 1.82) is 0 Å². The average Bonchev–Trinajstić information content (AvgIpc) is 2.43. The standard InChI is InChI=1S/C13H17NO5/c1-9(8-12(18-2)19-3)13(15)10-4-6-11(7-5-10)14(16)17/h4-8,12-13,15H,1-3H3. The zero-order valence-electron chi connectivity index (χ0n) is 11.1. The minimum atomic E-state index is -0.853. The van der Waals surface area contributed by atoms with Crippen molar-refractivity contribution in [2.75, 3.05) is 14.2 Å². The summed E-state index contributed by atoms with van der Waals surface area (Å²) in [5, 5.41) is 20.6. The second-order valence-electron chi connectivity index (χ2n) is 4.00. The summed E-state index contributed by atoms with van der Waals surface area (Å²) in [5.74, 6) is 0. The van der Waals surface area contributed by atoms with E-state index in [2.05, 4.69) is 0 Å². The number of benzene rings is 1. The number of aliphatic hydroxyl groups is 1. The molecule has 0 fully saturated rings. The Balaban J connectivity index is 2.87. The molecule has 1 rings (SSSR count). The summed E-state index contributed by atoms with van der Waals surface area (Å²) in [4.78, 5) is 10.1. The van der Waals surface area contributed by atoms with Crippen LogP contribution >= 0.6 is 0 Å². The van der Waals surface area contributed by atoms with Gasteiger partial charge in [-0.1, -0.05) is 0 Å². The first kappa shape index (κ1) is 15.3. The fourth-order valence-corrected chi connectivity index (χ4v) is 1.58. The molecule has 1 aromatic rings. The second kappa shape index (κ2) is 6.98. The molecule has 104 valence electrons. The zero-order valence-corrected chi connectivity index (χ0v) is 11.1. The molecule has 0 aliphatic heterocycles. The summed E-state index contributed by atoms with van der Waals surface area (Å²) in [6.45, 7) is 1.73. The minimum absolute atomic E-state index is 0.00996. The van der Waals surface area contributed by atoms with Crippen molar-refractivity contribution < 1.29 is 19.5 Å². The number of rotatable bonds is 6. The molecule has 1 N–H and O–H groups in total. The fraction of sp³-hybridized carbons (Fsp3) is 0.385. The van der Waals surface area contributed by atoms with Crippen LogP contribution in [-0.4, -0.2) is 30.5 Å². The van der Waals surface area contributed by atoms with E-state index >= 15 is 0 Å². The highest BCUT2D eigenvalue weighted by atomic mass is 16.7. The van der Waals surface area contributed by atoms with E-state index < -0.39 is 17.3 Å². The molecule has 1 aromatic carbocycles. The van der Waals surface area contributed by atoms with Crippen molar-refractivity contribution in [2.24, 2.45) is 0 Å². The quantitative estimate of drug-likeness (QED) is 0.370. The Bertz CT molecular complexity index is 451. The van der Waals surface area contributed by atoms with E-state index in [9.17, 15) is 15.2 Å². The summed E-state index contributed by atoms with van der Waals surface area (Å²) < 4.78 is 10.0. The van der Waals surface area contributed by atoms with Crippen LogP contribution in [0.1, 0.15) is 18.6 Å². The Morgan fingerprint density at radius 1 is 1.32 bits per heavy atom. The first-order valence-corrected chi connectivity index (χ1v) is 5.66. The molecule has 1 unspecified atom stereocenters. The molecular weight excluding hydrogens is 250 g/mol. The van der Waals surface area contributed by atoms with Gasteiger partial charge in [0.05, 0.1) is 11.0 Å². The number of methoxy groups -OCH3 is 2. The molecule has 0 bridgehead atoms. The predicted octanol–water partition coefficient (Wildman–Crippen LogP) is 2.19. The third kappa shape index (κ3) is 4.13. The molecule has 0 heterocycles. The maximum Gasteiger partial charge on any atom is 0.269 e. The van der Waals surface area contributed by atoms with Crippen LogP contribution in [0.5, 0.6) is 0 Å². The Morgan fingerprint density at radius 2 is 1.84 bits per heavy atom. The molecule has 0 amide bonds. The van der Waals surface area contributed by atoms with E-state index in [1.807, 2.05) is 0 Å². The fourth-order valence-electron chi connectivity index (χ4n) is 1.58. The van der Waals surface area contributed by atoms with Crippen LogP contribution in [-0.2, 0) is 9.47 Å². The van der Waals surface area contributed by atoms with Gasteiger partial charge in [-0.3, -0.25) is 10.1 Å². The van der Waals surface area contributed by atoms with Crippen LogP contribution in [0.4, 0.5) is 5.69 Å². The van der Waals surface area contributed by atoms with E-state index in [4.69, 9.17) is 9.47 Å². The molecule has 6 heteroatoms. The third-order valence-corrected chi connectivity index (χ3v) is 2.71. The predicted molar refractivity (Wildman–Crippen MR) is 69.6 cm³/mol. The number of hydrogen-bond acceptors (Lipinski definition) is 5. The third-order valence-electron chi connectivity index (χ3n) is 2.71. The highest BCUT2D eigenvalue weighted by molar-refractivity contribution is 5.36. The minimum Gasteiger partial charge on any atom is -0.384 e. The van der Waals surface area contributed by atoms with Gasteiger partial charge in [-0.05, 0) is 36.3 Å². The van der Waals surface area contributed by atoms with Gasteiger partial charge in [0.15, 0.2) is 6.29 Å². The van der Waals surface area contributed by atoms with Gasteiger partial charge in [-0.2, -0.15) is 0 Å². The highest BCUT2D eigenvalue weighted by Gasteiger charge is 2.13. The summed E-state index contributed by atoms with van der Waals surface area (Å²) in [6, 6.07) is 5.76. The lowest BCUT2D eigenvalue weighted by Gasteiger charge is -2.15. The van der Waals surface area contributed by atoms with Gasteiger partial charge in [0.1, 0.15) is 0 Å². The Morgan fingerprint density at radius 3 is 2.26 bits per heavy atom. The molecule has 0 radical (unpaired) electrons. The van der Waals surface area contributed by atoms with E-state index in [0.717, 1.165) is 0 Å². The molecule has 0 aliphatic rings. The topological polar surface area (TPSA) is 81.8 Å². The first-order chi connectivity index (χ1) is 8.99. The van der Waals surface area contributed by atoms with Crippen LogP contribution in [0.25, 0.3) is 0 Å². The monoisotopic (exact) mass is 267 g/mol. The summed E-state index contributed by atoms with van der Waals surface area (Å²) >= 11 is 0. The van der Waals surface area contributed by atoms with Crippen molar-refractivity contribution in [2.45, 2.75) is 19.3 Å². The van der Waals surface area contributed by atoms with Crippen LogP contribution in [0.3, 0.4) is 0 Å². The van der Waals surface area contributed by atoms with Gasteiger partial charge in [-0.25, -0.2) is 0 Å². The van der Waals surface area contributed by atoms with E-state index in [1.54, 1.807) is 13.0 Å². The second-order valence-corrected chi connectivity index (χ2v) is 4.00. The molecular formula is C13H17NO5. The average molecular weight is 267 g/mol. The number of aliphatic hydroxyl groups excluding tert-OH is 1. The summed E-state index contributed by atoms with van der Waals surface area (Å²) in [5.41, 5.74) is 1.21. The number of nitrogens with zero attached hydrogens (tertiary/aromatic N) is 1. The maximum atomic E-state index is 10.5. The van der Waals surface area contributed by atoms with Crippen LogP contribution in [0.15, 0.2) is 35.9 Å². The lowest BCUT2D eigenvalue weighted by Crippen LogP contribution is -2.11. The summed E-state index contributed by atoms with van der Waals surface area (Å²) in [7, 11) is 2.99. The molecule has 1 atom stereocenters. The Kier molecular flexibility index (Phi) is 5.62. The number of nitro benzene ring substituents is 1. The number of nitro groups is 1. The Labute approximate surface area is 111 Å². The molecule has 0 aromatic heterocycles. The molecule has 0 spiro atoms.